The second-order valence-electron chi connectivity index (χ2n) is 7.00. The minimum atomic E-state index is 0.0384. The van der Waals surface area contributed by atoms with Gasteiger partial charge in [-0.05, 0) is 37.0 Å². The molecule has 0 atom stereocenters. The lowest BCUT2D eigenvalue weighted by molar-refractivity contribution is 0.243. The number of H-pyrrole nitrogens is 1. The molecule has 1 N–H and O–H groups in total. The Morgan fingerprint density at radius 3 is 2.85 bits per heavy atom. The normalized spacial score (nSPS) is 17.8. The summed E-state index contributed by atoms with van der Waals surface area (Å²) in [5.74, 6) is 1.82. The van der Waals surface area contributed by atoms with Gasteiger partial charge >= 0.3 is 0 Å². The van der Waals surface area contributed by atoms with Crippen molar-refractivity contribution in [2.75, 3.05) is 31.1 Å². The van der Waals surface area contributed by atoms with Gasteiger partial charge in [0.2, 0.25) is 0 Å². The van der Waals surface area contributed by atoms with Gasteiger partial charge in [-0.2, -0.15) is 0 Å². The topological polar surface area (TPSA) is 65.1 Å². The van der Waals surface area contributed by atoms with Crippen molar-refractivity contribution in [2.24, 2.45) is 0 Å². The number of rotatable bonds is 3. The first-order valence-corrected chi connectivity index (χ1v) is 10.0. The van der Waals surface area contributed by atoms with Gasteiger partial charge in [0.15, 0.2) is 0 Å². The standard InChI is InChI=1S/C19H21N5OS/c25-18-17-13-4-3-5-14(13)26-19(17)22-15(21-18)12-23-8-10-24(11-9-23)16-6-1-2-7-20-16/h1-2,6-7H,3-5,8-12H2,(H,21,22,25). The van der Waals surface area contributed by atoms with Crippen LogP contribution in [-0.2, 0) is 19.4 Å². The molecule has 0 spiro atoms. The zero-order chi connectivity index (χ0) is 17.5. The van der Waals surface area contributed by atoms with Crippen LogP contribution in [0.4, 0.5) is 5.82 Å². The highest BCUT2D eigenvalue weighted by molar-refractivity contribution is 7.18. The first-order valence-electron chi connectivity index (χ1n) is 9.20. The van der Waals surface area contributed by atoms with Crippen molar-refractivity contribution in [3.8, 4) is 0 Å². The van der Waals surface area contributed by atoms with Crippen molar-refractivity contribution in [1.82, 2.24) is 19.9 Å². The summed E-state index contributed by atoms with van der Waals surface area (Å²) in [7, 11) is 0. The Kier molecular flexibility index (Phi) is 3.98. The Morgan fingerprint density at radius 2 is 2.04 bits per heavy atom. The molecule has 7 heteroatoms. The summed E-state index contributed by atoms with van der Waals surface area (Å²) in [6.45, 7) is 4.47. The largest absolute Gasteiger partial charge is 0.354 e. The van der Waals surface area contributed by atoms with Crippen molar-refractivity contribution in [3.63, 3.8) is 0 Å². The second-order valence-corrected chi connectivity index (χ2v) is 8.08. The highest BCUT2D eigenvalue weighted by Gasteiger charge is 2.22. The SMILES string of the molecule is O=c1[nH]c(CN2CCN(c3ccccn3)CC2)nc2sc3c(c12)CCC3. The molecule has 1 fully saturated rings. The van der Waals surface area contributed by atoms with Gasteiger partial charge in [-0.15, -0.1) is 11.3 Å². The van der Waals surface area contributed by atoms with Gasteiger partial charge < -0.3 is 9.88 Å². The van der Waals surface area contributed by atoms with Gasteiger partial charge in [0.25, 0.3) is 5.56 Å². The number of nitrogens with zero attached hydrogens (tertiary/aromatic N) is 4. The predicted molar refractivity (Wildman–Crippen MR) is 104 cm³/mol. The van der Waals surface area contributed by atoms with Crippen molar-refractivity contribution >= 4 is 27.4 Å². The first kappa shape index (κ1) is 16.0. The molecule has 1 saturated heterocycles. The number of piperazine rings is 1. The van der Waals surface area contributed by atoms with E-state index in [-0.39, 0.29) is 5.56 Å². The first-order chi connectivity index (χ1) is 12.8. The van der Waals surface area contributed by atoms with Crippen LogP contribution in [0.1, 0.15) is 22.7 Å². The average Bonchev–Trinajstić information content (AvgIpc) is 3.24. The molecule has 3 aromatic heterocycles. The molecule has 0 saturated carbocycles. The van der Waals surface area contributed by atoms with E-state index in [0.717, 1.165) is 60.9 Å². The Morgan fingerprint density at radius 1 is 1.15 bits per heavy atom. The lowest BCUT2D eigenvalue weighted by Crippen LogP contribution is -2.46. The molecule has 3 aromatic rings. The molecule has 4 heterocycles. The van der Waals surface area contributed by atoms with Crippen LogP contribution in [-0.4, -0.2) is 46.0 Å². The van der Waals surface area contributed by atoms with E-state index in [9.17, 15) is 4.79 Å². The molecular formula is C19H21N5OS. The molecule has 0 radical (unpaired) electrons. The van der Waals surface area contributed by atoms with Crippen LogP contribution in [0.25, 0.3) is 10.2 Å². The average molecular weight is 367 g/mol. The van der Waals surface area contributed by atoms with Gasteiger partial charge in [-0.1, -0.05) is 6.07 Å². The maximum atomic E-state index is 12.6. The fourth-order valence-corrected chi connectivity index (χ4v) is 5.29. The number of anilines is 1. The number of nitrogens with one attached hydrogen (secondary N) is 1. The Hall–Kier alpha value is -2.25. The van der Waals surface area contributed by atoms with E-state index < -0.39 is 0 Å². The molecule has 6 nitrogen and oxygen atoms in total. The van der Waals surface area contributed by atoms with Gasteiger partial charge in [0, 0.05) is 37.3 Å². The van der Waals surface area contributed by atoms with Crippen molar-refractivity contribution in [2.45, 2.75) is 25.8 Å². The zero-order valence-corrected chi connectivity index (χ0v) is 15.4. The third-order valence-electron chi connectivity index (χ3n) is 5.34. The van der Waals surface area contributed by atoms with Crippen LogP contribution < -0.4 is 10.5 Å². The number of aromatic amines is 1. The van der Waals surface area contributed by atoms with Crippen LogP contribution in [0.5, 0.6) is 0 Å². The number of thiophene rings is 1. The molecular weight excluding hydrogens is 346 g/mol. The summed E-state index contributed by atoms with van der Waals surface area (Å²) >= 11 is 1.71. The summed E-state index contributed by atoms with van der Waals surface area (Å²) in [5, 5.41) is 0.839. The van der Waals surface area contributed by atoms with E-state index in [0.29, 0.717) is 6.54 Å². The van der Waals surface area contributed by atoms with Crippen LogP contribution in [0.15, 0.2) is 29.2 Å². The number of aryl methyl sites for hydroxylation is 2. The van der Waals surface area contributed by atoms with E-state index in [1.165, 1.54) is 16.9 Å². The summed E-state index contributed by atoms with van der Waals surface area (Å²) < 4.78 is 0. The number of fused-ring (bicyclic) bond motifs is 3. The third kappa shape index (κ3) is 2.81. The van der Waals surface area contributed by atoms with Gasteiger partial charge in [0.1, 0.15) is 16.5 Å². The maximum absolute atomic E-state index is 12.6. The Bertz CT molecular complexity index is 988. The third-order valence-corrected chi connectivity index (χ3v) is 6.53. The molecule has 1 aliphatic carbocycles. The van der Waals surface area contributed by atoms with E-state index in [1.807, 2.05) is 18.3 Å². The lowest BCUT2D eigenvalue weighted by Gasteiger charge is -2.35. The molecule has 5 rings (SSSR count). The molecule has 0 bridgehead atoms. The highest BCUT2D eigenvalue weighted by atomic mass is 32.1. The molecule has 2 aliphatic rings. The van der Waals surface area contributed by atoms with E-state index in [4.69, 9.17) is 4.98 Å². The molecule has 134 valence electrons. The van der Waals surface area contributed by atoms with Gasteiger partial charge in [-0.3, -0.25) is 9.69 Å². The second kappa shape index (κ2) is 6.48. The number of aromatic nitrogens is 3. The lowest BCUT2D eigenvalue weighted by atomic mass is 10.2. The van der Waals surface area contributed by atoms with Crippen LogP contribution >= 0.6 is 11.3 Å². The van der Waals surface area contributed by atoms with E-state index in [2.05, 4.69) is 25.8 Å². The predicted octanol–water partition coefficient (Wildman–Crippen LogP) is 2.19. The monoisotopic (exact) mass is 367 g/mol. The van der Waals surface area contributed by atoms with Crippen LogP contribution in [0, 0.1) is 0 Å². The molecule has 26 heavy (non-hydrogen) atoms. The van der Waals surface area contributed by atoms with Crippen LogP contribution in [0.3, 0.4) is 0 Å². The van der Waals surface area contributed by atoms with Crippen molar-refractivity contribution in [3.05, 3.63) is 51.0 Å². The quantitative estimate of drug-likeness (QED) is 0.769. The molecule has 1 aliphatic heterocycles. The van der Waals surface area contributed by atoms with Crippen LogP contribution in [0.2, 0.25) is 0 Å². The summed E-state index contributed by atoms with van der Waals surface area (Å²) in [5.41, 5.74) is 1.28. The molecule has 0 amide bonds. The van der Waals surface area contributed by atoms with E-state index in [1.54, 1.807) is 11.3 Å². The number of hydrogen-bond donors (Lipinski definition) is 1. The molecule has 0 aromatic carbocycles. The summed E-state index contributed by atoms with van der Waals surface area (Å²) in [6.07, 6.45) is 5.12. The fraction of sp³-hybridized carbons (Fsp3) is 0.421. The highest BCUT2D eigenvalue weighted by Crippen LogP contribution is 2.34. The summed E-state index contributed by atoms with van der Waals surface area (Å²) in [4.78, 5) is 31.7. The van der Waals surface area contributed by atoms with Gasteiger partial charge in [-0.25, -0.2) is 9.97 Å². The van der Waals surface area contributed by atoms with Crippen molar-refractivity contribution in [1.29, 1.82) is 0 Å². The minimum absolute atomic E-state index is 0.0384. The fourth-order valence-electron chi connectivity index (χ4n) is 4.01. The van der Waals surface area contributed by atoms with Crippen molar-refractivity contribution < 1.29 is 0 Å². The molecule has 0 unspecified atom stereocenters. The Labute approximate surface area is 155 Å². The van der Waals surface area contributed by atoms with Gasteiger partial charge in [0.05, 0.1) is 11.9 Å². The summed E-state index contributed by atoms with van der Waals surface area (Å²) in [6, 6.07) is 6.02. The number of pyridine rings is 1. The maximum Gasteiger partial charge on any atom is 0.259 e. The van der Waals surface area contributed by atoms with E-state index >= 15 is 0 Å². The minimum Gasteiger partial charge on any atom is -0.354 e. The smallest absolute Gasteiger partial charge is 0.259 e. The Balaban J connectivity index is 1.31. The zero-order valence-electron chi connectivity index (χ0n) is 14.6. The number of hydrogen-bond acceptors (Lipinski definition) is 6.